The van der Waals surface area contributed by atoms with Gasteiger partial charge in [-0.3, -0.25) is 9.52 Å². The predicted molar refractivity (Wildman–Crippen MR) is 120 cm³/mol. The smallest absolute Gasteiger partial charge is 0.264 e. The van der Waals surface area contributed by atoms with E-state index < -0.39 is 10.0 Å². The standard InChI is InChI=1S/C23H24N2O5S/c1-17-4-6-18(7-5-17)24-31(27,28)22-14-12-21(13-15-22)30-16-23(26)25(2)19-8-10-20(29-3)11-9-19/h4-15,24H,16H2,1-3H3. The van der Waals surface area contributed by atoms with Gasteiger partial charge in [0.1, 0.15) is 11.5 Å². The fourth-order valence-corrected chi connectivity index (χ4v) is 3.80. The molecule has 0 heterocycles. The molecule has 0 saturated heterocycles. The van der Waals surface area contributed by atoms with Gasteiger partial charge >= 0.3 is 0 Å². The van der Waals surface area contributed by atoms with Crippen LogP contribution >= 0.6 is 0 Å². The number of aryl methyl sites for hydroxylation is 1. The topological polar surface area (TPSA) is 84.9 Å². The molecular formula is C23H24N2O5S. The minimum Gasteiger partial charge on any atom is -0.497 e. The maximum atomic E-state index is 12.5. The molecular weight excluding hydrogens is 416 g/mol. The molecule has 0 fully saturated rings. The number of anilines is 2. The van der Waals surface area contributed by atoms with Gasteiger partial charge in [0, 0.05) is 18.4 Å². The first kappa shape index (κ1) is 22.2. The number of rotatable bonds is 8. The Morgan fingerprint density at radius 3 is 2.06 bits per heavy atom. The summed E-state index contributed by atoms with van der Waals surface area (Å²) in [7, 11) is -0.492. The van der Waals surface area contributed by atoms with E-state index in [0.717, 1.165) is 5.56 Å². The summed E-state index contributed by atoms with van der Waals surface area (Å²) >= 11 is 0. The molecule has 0 saturated carbocycles. The molecule has 1 amide bonds. The summed E-state index contributed by atoms with van der Waals surface area (Å²) in [5.74, 6) is 0.849. The van der Waals surface area contributed by atoms with Gasteiger partial charge in [0.15, 0.2) is 6.61 Å². The largest absolute Gasteiger partial charge is 0.497 e. The summed E-state index contributed by atoms with van der Waals surface area (Å²) in [6.45, 7) is 1.74. The summed E-state index contributed by atoms with van der Waals surface area (Å²) in [5.41, 5.74) is 2.23. The number of nitrogens with zero attached hydrogens (tertiary/aromatic N) is 1. The Kier molecular flexibility index (Phi) is 6.81. The fourth-order valence-electron chi connectivity index (χ4n) is 2.74. The van der Waals surface area contributed by atoms with Crippen LogP contribution in [0.15, 0.2) is 77.7 Å². The zero-order chi connectivity index (χ0) is 22.4. The zero-order valence-electron chi connectivity index (χ0n) is 17.5. The Hall–Kier alpha value is -3.52. The Morgan fingerprint density at radius 1 is 0.903 bits per heavy atom. The Labute approximate surface area is 182 Å². The van der Waals surface area contributed by atoms with Crippen molar-refractivity contribution in [1.29, 1.82) is 0 Å². The molecule has 0 spiro atoms. The van der Waals surface area contributed by atoms with E-state index in [1.807, 2.05) is 19.1 Å². The number of methoxy groups -OCH3 is 1. The van der Waals surface area contributed by atoms with E-state index in [-0.39, 0.29) is 17.4 Å². The molecule has 0 aromatic heterocycles. The summed E-state index contributed by atoms with van der Waals surface area (Å²) in [6.07, 6.45) is 0. The molecule has 0 bridgehead atoms. The van der Waals surface area contributed by atoms with Crippen molar-refractivity contribution in [2.75, 3.05) is 30.4 Å². The second-order valence-electron chi connectivity index (χ2n) is 6.88. The molecule has 3 rings (SSSR count). The SMILES string of the molecule is COc1ccc(N(C)C(=O)COc2ccc(S(=O)(=O)Nc3ccc(C)cc3)cc2)cc1. The average molecular weight is 441 g/mol. The third-order valence-corrected chi connectivity index (χ3v) is 6.03. The molecule has 3 aromatic carbocycles. The quantitative estimate of drug-likeness (QED) is 0.575. The summed E-state index contributed by atoms with van der Waals surface area (Å²) in [4.78, 5) is 14.0. The summed E-state index contributed by atoms with van der Waals surface area (Å²) in [5, 5.41) is 0. The predicted octanol–water partition coefficient (Wildman–Crippen LogP) is 3.85. The number of carbonyl (C=O) groups is 1. The van der Waals surface area contributed by atoms with E-state index >= 15 is 0 Å². The van der Waals surface area contributed by atoms with Crippen molar-refractivity contribution in [2.24, 2.45) is 0 Å². The molecule has 0 aliphatic carbocycles. The van der Waals surface area contributed by atoms with E-state index in [9.17, 15) is 13.2 Å². The van der Waals surface area contributed by atoms with Crippen LogP contribution in [0.1, 0.15) is 5.56 Å². The Bertz CT molecular complexity index is 1130. The zero-order valence-corrected chi connectivity index (χ0v) is 18.3. The minimum absolute atomic E-state index is 0.0992. The van der Waals surface area contributed by atoms with Crippen LogP contribution < -0.4 is 19.1 Å². The van der Waals surface area contributed by atoms with Gasteiger partial charge in [-0.25, -0.2) is 8.42 Å². The highest BCUT2D eigenvalue weighted by Gasteiger charge is 2.15. The van der Waals surface area contributed by atoms with Crippen molar-refractivity contribution in [3.05, 3.63) is 78.4 Å². The van der Waals surface area contributed by atoms with Crippen molar-refractivity contribution in [3.8, 4) is 11.5 Å². The maximum Gasteiger partial charge on any atom is 0.264 e. The van der Waals surface area contributed by atoms with E-state index in [1.165, 1.54) is 29.2 Å². The number of nitrogens with one attached hydrogen (secondary N) is 1. The number of likely N-dealkylation sites (N-methyl/N-ethyl adjacent to an activating group) is 1. The van der Waals surface area contributed by atoms with Crippen LogP contribution in [0, 0.1) is 6.92 Å². The van der Waals surface area contributed by atoms with Crippen LogP contribution in [0.25, 0.3) is 0 Å². The first-order valence-electron chi connectivity index (χ1n) is 9.51. The van der Waals surface area contributed by atoms with Gasteiger partial charge in [-0.15, -0.1) is 0 Å². The lowest BCUT2D eigenvalue weighted by Gasteiger charge is -2.18. The first-order chi connectivity index (χ1) is 14.8. The van der Waals surface area contributed by atoms with Crippen molar-refractivity contribution in [2.45, 2.75) is 11.8 Å². The minimum atomic E-state index is -3.72. The van der Waals surface area contributed by atoms with Crippen LogP contribution in [0.3, 0.4) is 0 Å². The van der Waals surface area contributed by atoms with Crippen molar-refractivity contribution >= 4 is 27.3 Å². The molecule has 162 valence electrons. The van der Waals surface area contributed by atoms with Gasteiger partial charge < -0.3 is 14.4 Å². The highest BCUT2D eigenvalue weighted by molar-refractivity contribution is 7.92. The molecule has 8 heteroatoms. The number of sulfonamides is 1. The molecule has 0 atom stereocenters. The summed E-state index contributed by atoms with van der Waals surface area (Å²) in [6, 6.07) is 20.1. The van der Waals surface area contributed by atoms with Gasteiger partial charge in [-0.1, -0.05) is 17.7 Å². The monoisotopic (exact) mass is 440 g/mol. The van der Waals surface area contributed by atoms with Crippen molar-refractivity contribution in [3.63, 3.8) is 0 Å². The second-order valence-corrected chi connectivity index (χ2v) is 8.56. The van der Waals surface area contributed by atoms with Gasteiger partial charge in [0.2, 0.25) is 0 Å². The normalized spacial score (nSPS) is 10.9. The van der Waals surface area contributed by atoms with Crippen LogP contribution in [0.5, 0.6) is 11.5 Å². The van der Waals surface area contributed by atoms with Gasteiger partial charge in [-0.2, -0.15) is 0 Å². The number of hydrogen-bond donors (Lipinski definition) is 1. The maximum absolute atomic E-state index is 12.5. The first-order valence-corrected chi connectivity index (χ1v) is 11.0. The number of benzene rings is 3. The fraction of sp³-hybridized carbons (Fsp3) is 0.174. The van der Waals surface area contributed by atoms with Crippen LogP contribution in [0.4, 0.5) is 11.4 Å². The molecule has 3 aromatic rings. The van der Waals surface area contributed by atoms with E-state index in [2.05, 4.69) is 4.72 Å². The molecule has 0 aliphatic rings. The van der Waals surface area contributed by atoms with Crippen LogP contribution in [-0.4, -0.2) is 35.1 Å². The lowest BCUT2D eigenvalue weighted by molar-refractivity contribution is -0.120. The molecule has 31 heavy (non-hydrogen) atoms. The Morgan fingerprint density at radius 2 is 1.48 bits per heavy atom. The van der Waals surface area contributed by atoms with Gasteiger partial charge in [-0.05, 0) is 67.6 Å². The lowest BCUT2D eigenvalue weighted by atomic mass is 10.2. The molecule has 7 nitrogen and oxygen atoms in total. The highest BCUT2D eigenvalue weighted by atomic mass is 32.2. The number of amides is 1. The lowest BCUT2D eigenvalue weighted by Crippen LogP contribution is -2.31. The van der Waals surface area contributed by atoms with Crippen LogP contribution in [0.2, 0.25) is 0 Å². The van der Waals surface area contributed by atoms with Crippen LogP contribution in [-0.2, 0) is 14.8 Å². The molecule has 0 radical (unpaired) electrons. The number of hydrogen-bond acceptors (Lipinski definition) is 5. The number of ether oxygens (including phenoxy) is 2. The average Bonchev–Trinajstić information content (AvgIpc) is 2.78. The highest BCUT2D eigenvalue weighted by Crippen LogP contribution is 2.21. The second kappa shape index (κ2) is 9.53. The third-order valence-electron chi connectivity index (χ3n) is 4.63. The molecule has 0 aliphatic heterocycles. The molecule has 0 unspecified atom stereocenters. The van der Waals surface area contributed by atoms with Crippen molar-refractivity contribution < 1.29 is 22.7 Å². The van der Waals surface area contributed by atoms with Crippen molar-refractivity contribution in [1.82, 2.24) is 0 Å². The summed E-state index contributed by atoms with van der Waals surface area (Å²) < 4.78 is 38.2. The number of carbonyl (C=O) groups excluding carboxylic acids is 1. The van der Waals surface area contributed by atoms with Gasteiger partial charge in [0.05, 0.1) is 12.0 Å². The Balaban J connectivity index is 1.59. The van der Waals surface area contributed by atoms with E-state index in [0.29, 0.717) is 22.9 Å². The van der Waals surface area contributed by atoms with E-state index in [4.69, 9.17) is 9.47 Å². The van der Waals surface area contributed by atoms with Gasteiger partial charge in [0.25, 0.3) is 15.9 Å². The van der Waals surface area contributed by atoms with E-state index in [1.54, 1.807) is 50.6 Å². The third kappa shape index (κ3) is 5.76. The molecule has 1 N–H and O–H groups in total.